The topological polar surface area (TPSA) is 0 Å². The molecule has 0 unspecified atom stereocenters. The van der Waals surface area contributed by atoms with Crippen molar-refractivity contribution in [2.45, 2.75) is 27.7 Å². The number of rotatable bonds is 0. The van der Waals surface area contributed by atoms with Crippen molar-refractivity contribution in [1.82, 2.24) is 0 Å². The van der Waals surface area contributed by atoms with Crippen LogP contribution in [0.25, 0.3) is 0 Å². The molecule has 0 aliphatic carbocycles. The third-order valence-corrected chi connectivity index (χ3v) is 3.11. The molecule has 0 nitrogen and oxygen atoms in total. The molecule has 0 aliphatic heterocycles. The molecule has 0 fully saturated rings. The van der Waals surface area contributed by atoms with Crippen molar-refractivity contribution in [3.8, 4) is 11.2 Å². The van der Waals surface area contributed by atoms with Crippen molar-refractivity contribution in [2.24, 2.45) is 0 Å². The SMILES string of the molecule is CC.Cc1cc(C)c(C#CSI)c(Br)c1. The highest BCUT2D eigenvalue weighted by Crippen LogP contribution is 2.22. The summed E-state index contributed by atoms with van der Waals surface area (Å²) in [6.45, 7) is 8.17. The molecule has 3 heteroatoms. The van der Waals surface area contributed by atoms with Crippen LogP contribution in [0.4, 0.5) is 0 Å². The molecule has 0 spiro atoms. The summed E-state index contributed by atoms with van der Waals surface area (Å²) in [6, 6.07) is 4.24. The minimum Gasteiger partial charge on any atom is -0.0683 e. The number of hydrogen-bond donors (Lipinski definition) is 0. The van der Waals surface area contributed by atoms with Gasteiger partial charge in [0.05, 0.1) is 0 Å². The van der Waals surface area contributed by atoms with Crippen molar-refractivity contribution in [3.05, 3.63) is 33.3 Å². The Balaban J connectivity index is 0.000000921. The Morgan fingerprint density at radius 1 is 1.27 bits per heavy atom. The lowest BCUT2D eigenvalue weighted by molar-refractivity contribution is 1.34. The molecule has 82 valence electrons. The van der Waals surface area contributed by atoms with Crippen LogP contribution in [0.5, 0.6) is 0 Å². The Morgan fingerprint density at radius 2 is 1.87 bits per heavy atom. The lowest BCUT2D eigenvalue weighted by Gasteiger charge is -2.02. The molecule has 0 atom stereocenters. The van der Waals surface area contributed by atoms with Crippen LogP contribution in [0, 0.1) is 25.0 Å². The van der Waals surface area contributed by atoms with Gasteiger partial charge in [0.15, 0.2) is 0 Å². The number of halogens is 2. The lowest BCUT2D eigenvalue weighted by Crippen LogP contribution is -1.85. The standard InChI is InChI=1S/C10H8BrIS.C2H6/c1-7-5-8(2)9(3-4-13-12)10(11)6-7;1-2/h5-6H,1-2H3;1-2H3. The number of aryl methyl sites for hydroxylation is 2. The Hall–Kier alpha value is 0.340. The zero-order chi connectivity index (χ0) is 11.8. The van der Waals surface area contributed by atoms with Gasteiger partial charge in [-0.05, 0) is 61.2 Å². The van der Waals surface area contributed by atoms with Crippen LogP contribution in [0.2, 0.25) is 0 Å². The van der Waals surface area contributed by atoms with E-state index in [1.807, 2.05) is 13.8 Å². The first-order chi connectivity index (χ1) is 7.15. The molecule has 0 bridgehead atoms. The molecule has 1 rings (SSSR count). The summed E-state index contributed by atoms with van der Waals surface area (Å²) in [5.41, 5.74) is 3.58. The molecule has 0 aliphatic rings. The molecule has 0 N–H and O–H groups in total. The number of hydrogen-bond acceptors (Lipinski definition) is 1. The van der Waals surface area contributed by atoms with Gasteiger partial charge in [-0.15, -0.1) is 0 Å². The molecule has 1 aromatic carbocycles. The van der Waals surface area contributed by atoms with E-state index in [9.17, 15) is 0 Å². The van der Waals surface area contributed by atoms with E-state index in [2.05, 4.69) is 74.3 Å². The second-order valence-corrected chi connectivity index (χ2v) is 5.28. The highest BCUT2D eigenvalue weighted by molar-refractivity contribution is 14.2. The van der Waals surface area contributed by atoms with E-state index in [0.29, 0.717) is 0 Å². The second kappa shape index (κ2) is 8.49. The Labute approximate surface area is 117 Å². The zero-order valence-electron chi connectivity index (χ0n) is 9.32. The minimum absolute atomic E-state index is 1.09. The molecular weight excluding hydrogens is 383 g/mol. The van der Waals surface area contributed by atoms with Crippen LogP contribution >= 0.6 is 46.1 Å². The third-order valence-electron chi connectivity index (χ3n) is 1.65. The van der Waals surface area contributed by atoms with E-state index in [-0.39, 0.29) is 0 Å². The summed E-state index contributed by atoms with van der Waals surface area (Å²) >= 11 is 5.69. The molecule has 0 heterocycles. The van der Waals surface area contributed by atoms with Crippen molar-refractivity contribution < 1.29 is 0 Å². The van der Waals surface area contributed by atoms with E-state index in [4.69, 9.17) is 0 Å². The third kappa shape index (κ3) is 5.28. The van der Waals surface area contributed by atoms with Crippen molar-refractivity contribution in [3.63, 3.8) is 0 Å². The van der Waals surface area contributed by atoms with Gasteiger partial charge in [-0.1, -0.05) is 25.8 Å². The van der Waals surface area contributed by atoms with Gasteiger partial charge in [-0.3, -0.25) is 0 Å². The van der Waals surface area contributed by atoms with Crippen molar-refractivity contribution in [1.29, 1.82) is 0 Å². The van der Waals surface area contributed by atoms with Gasteiger partial charge in [0.25, 0.3) is 0 Å². The fourth-order valence-electron chi connectivity index (χ4n) is 1.14. The fourth-order valence-corrected chi connectivity index (χ4v) is 2.39. The van der Waals surface area contributed by atoms with Gasteiger partial charge in [0, 0.05) is 31.2 Å². The summed E-state index contributed by atoms with van der Waals surface area (Å²) in [7, 11) is 1.51. The first-order valence-corrected chi connectivity index (χ1v) is 8.85. The van der Waals surface area contributed by atoms with Crippen LogP contribution in [0.15, 0.2) is 16.6 Å². The van der Waals surface area contributed by atoms with Crippen LogP contribution in [-0.2, 0) is 0 Å². The fraction of sp³-hybridized carbons (Fsp3) is 0.333. The average Bonchev–Trinajstić information content (AvgIpc) is 2.19. The Morgan fingerprint density at radius 3 is 2.33 bits per heavy atom. The largest absolute Gasteiger partial charge is 0.0683 e. The minimum atomic E-state index is 1.09. The maximum atomic E-state index is 3.51. The average molecular weight is 397 g/mol. The van der Waals surface area contributed by atoms with Crippen molar-refractivity contribution >= 4 is 46.1 Å². The molecule has 15 heavy (non-hydrogen) atoms. The Bertz CT molecular complexity index is 354. The molecule has 0 aromatic heterocycles. The summed E-state index contributed by atoms with van der Waals surface area (Å²) in [4.78, 5) is 0. The second-order valence-electron chi connectivity index (χ2n) is 2.74. The highest BCUT2D eigenvalue weighted by Gasteiger charge is 2.01. The zero-order valence-corrected chi connectivity index (χ0v) is 13.9. The van der Waals surface area contributed by atoms with Crippen LogP contribution in [0.1, 0.15) is 30.5 Å². The molecule has 0 saturated heterocycles. The van der Waals surface area contributed by atoms with E-state index in [0.717, 1.165) is 10.0 Å². The number of benzene rings is 1. The Kier molecular flexibility index (Phi) is 8.68. The van der Waals surface area contributed by atoms with E-state index < -0.39 is 0 Å². The molecule has 0 amide bonds. The quantitative estimate of drug-likeness (QED) is 0.413. The van der Waals surface area contributed by atoms with Gasteiger partial charge >= 0.3 is 0 Å². The molecular formula is C12H14BrIS. The first kappa shape index (κ1) is 15.3. The summed E-state index contributed by atoms with van der Waals surface area (Å²) in [5, 5.41) is 2.99. The van der Waals surface area contributed by atoms with Crippen LogP contribution in [0.3, 0.4) is 0 Å². The smallest absolute Gasteiger partial charge is 0.0426 e. The van der Waals surface area contributed by atoms with Gasteiger partial charge in [0.1, 0.15) is 0 Å². The maximum Gasteiger partial charge on any atom is 0.0426 e. The monoisotopic (exact) mass is 396 g/mol. The summed E-state index contributed by atoms with van der Waals surface area (Å²) in [6.07, 6.45) is 0. The lowest BCUT2D eigenvalue weighted by atomic mass is 10.1. The van der Waals surface area contributed by atoms with Crippen LogP contribution < -0.4 is 0 Å². The van der Waals surface area contributed by atoms with E-state index >= 15 is 0 Å². The first-order valence-electron chi connectivity index (χ1n) is 4.70. The van der Waals surface area contributed by atoms with E-state index in [1.165, 1.54) is 20.1 Å². The molecule has 0 saturated carbocycles. The van der Waals surface area contributed by atoms with E-state index in [1.54, 1.807) is 0 Å². The van der Waals surface area contributed by atoms with Gasteiger partial charge in [-0.25, -0.2) is 0 Å². The molecule has 0 radical (unpaired) electrons. The van der Waals surface area contributed by atoms with Crippen LogP contribution in [-0.4, -0.2) is 0 Å². The maximum absolute atomic E-state index is 3.51. The predicted molar refractivity (Wildman–Crippen MR) is 83.5 cm³/mol. The predicted octanol–water partition coefficient (Wildman–Crippen LogP) is 5.48. The van der Waals surface area contributed by atoms with Crippen molar-refractivity contribution in [2.75, 3.05) is 0 Å². The van der Waals surface area contributed by atoms with Gasteiger partial charge in [-0.2, -0.15) is 0 Å². The summed E-state index contributed by atoms with van der Waals surface area (Å²) in [5.74, 6) is 3.12. The highest BCUT2D eigenvalue weighted by atomic mass is 127. The molecule has 1 aromatic rings. The van der Waals surface area contributed by atoms with Gasteiger partial charge in [0.2, 0.25) is 0 Å². The summed E-state index contributed by atoms with van der Waals surface area (Å²) < 4.78 is 1.09. The normalized spacial score (nSPS) is 8.40. The van der Waals surface area contributed by atoms with Gasteiger partial charge < -0.3 is 0 Å².